The topological polar surface area (TPSA) is 90.4 Å². The van der Waals surface area contributed by atoms with Crippen LogP contribution in [0.4, 0.5) is 0 Å². The standard InChI is InChI=1S/C15H25N3O5/c1-23-9-8-16-6-7-17(10-13(16)19)12-4-2-3-5-18(15(12)22)11-14(20)21/h12H,2-11H2,1H3,(H,20,21). The van der Waals surface area contributed by atoms with Gasteiger partial charge in [-0.3, -0.25) is 19.3 Å². The smallest absolute Gasteiger partial charge is 0.323 e. The number of carboxylic acid groups (broad SMARTS) is 1. The molecule has 2 rings (SSSR count). The average Bonchev–Trinajstić information content (AvgIpc) is 2.68. The molecule has 0 aromatic heterocycles. The maximum absolute atomic E-state index is 12.6. The number of nitrogens with zero attached hydrogens (tertiary/aromatic N) is 3. The van der Waals surface area contributed by atoms with Crippen molar-refractivity contribution < 1.29 is 24.2 Å². The Kier molecular flexibility index (Phi) is 6.35. The fraction of sp³-hybridized carbons (Fsp3) is 0.800. The lowest BCUT2D eigenvalue weighted by atomic mass is 10.1. The highest BCUT2D eigenvalue weighted by atomic mass is 16.5. The number of carbonyl (C=O) groups excluding carboxylic acids is 2. The molecule has 0 aromatic rings. The van der Waals surface area contributed by atoms with E-state index in [1.807, 2.05) is 4.90 Å². The first-order valence-electron chi connectivity index (χ1n) is 8.04. The van der Waals surface area contributed by atoms with E-state index in [9.17, 15) is 14.4 Å². The summed E-state index contributed by atoms with van der Waals surface area (Å²) in [7, 11) is 1.60. The predicted octanol–water partition coefficient (Wildman–Crippen LogP) is -0.757. The zero-order chi connectivity index (χ0) is 16.8. The van der Waals surface area contributed by atoms with Crippen molar-refractivity contribution in [2.45, 2.75) is 25.3 Å². The molecule has 0 radical (unpaired) electrons. The largest absolute Gasteiger partial charge is 0.480 e. The Bertz CT molecular complexity index is 456. The van der Waals surface area contributed by atoms with Crippen LogP contribution in [0.25, 0.3) is 0 Å². The van der Waals surface area contributed by atoms with E-state index in [-0.39, 0.29) is 30.9 Å². The number of piperazine rings is 1. The SMILES string of the molecule is COCCN1CCN(C2CCCCN(CC(=O)O)C2=O)CC1=O. The number of carbonyl (C=O) groups is 3. The number of aliphatic carboxylic acids is 1. The summed E-state index contributed by atoms with van der Waals surface area (Å²) in [4.78, 5) is 40.8. The van der Waals surface area contributed by atoms with Crippen LogP contribution in [-0.2, 0) is 19.1 Å². The summed E-state index contributed by atoms with van der Waals surface area (Å²) in [5.74, 6) is -1.17. The Hall–Kier alpha value is -1.67. The van der Waals surface area contributed by atoms with Crippen LogP contribution >= 0.6 is 0 Å². The van der Waals surface area contributed by atoms with Crippen LogP contribution in [0.15, 0.2) is 0 Å². The molecular formula is C15H25N3O5. The summed E-state index contributed by atoms with van der Waals surface area (Å²) in [6.07, 6.45) is 2.35. The molecule has 8 nitrogen and oxygen atoms in total. The van der Waals surface area contributed by atoms with Crippen molar-refractivity contribution in [1.82, 2.24) is 14.7 Å². The lowest BCUT2D eigenvalue weighted by Gasteiger charge is -2.38. The number of hydrogen-bond acceptors (Lipinski definition) is 5. The van der Waals surface area contributed by atoms with Crippen LogP contribution in [0.5, 0.6) is 0 Å². The highest BCUT2D eigenvalue weighted by Gasteiger charge is 2.36. The quantitative estimate of drug-likeness (QED) is 0.690. The minimum atomic E-state index is -1.00. The minimum Gasteiger partial charge on any atom is -0.480 e. The molecule has 130 valence electrons. The summed E-state index contributed by atoms with van der Waals surface area (Å²) in [5, 5.41) is 8.95. The average molecular weight is 327 g/mol. The van der Waals surface area contributed by atoms with Crippen molar-refractivity contribution in [3.8, 4) is 0 Å². The number of rotatable bonds is 6. The Morgan fingerprint density at radius 2 is 2.00 bits per heavy atom. The number of likely N-dealkylation sites (tertiary alicyclic amines) is 1. The Labute approximate surface area is 136 Å². The summed E-state index contributed by atoms with van der Waals surface area (Å²) in [6, 6.07) is -0.384. The van der Waals surface area contributed by atoms with Crippen molar-refractivity contribution in [1.29, 1.82) is 0 Å². The number of hydrogen-bond donors (Lipinski definition) is 1. The van der Waals surface area contributed by atoms with Crippen LogP contribution in [0.3, 0.4) is 0 Å². The first-order chi connectivity index (χ1) is 11.0. The Morgan fingerprint density at radius 3 is 2.65 bits per heavy atom. The molecule has 2 fully saturated rings. The number of ether oxygens (including phenoxy) is 1. The van der Waals surface area contributed by atoms with E-state index in [2.05, 4.69) is 0 Å². The molecule has 0 spiro atoms. The van der Waals surface area contributed by atoms with Crippen LogP contribution in [0.1, 0.15) is 19.3 Å². The second-order valence-corrected chi connectivity index (χ2v) is 6.01. The molecule has 8 heteroatoms. The second kappa shape index (κ2) is 8.26. The monoisotopic (exact) mass is 327 g/mol. The number of methoxy groups -OCH3 is 1. The van der Waals surface area contributed by atoms with Gasteiger partial charge in [-0.25, -0.2) is 0 Å². The van der Waals surface area contributed by atoms with Gasteiger partial charge in [-0.05, 0) is 19.3 Å². The third kappa shape index (κ3) is 4.65. The summed E-state index contributed by atoms with van der Waals surface area (Å²) in [6.45, 7) is 2.69. The van der Waals surface area contributed by atoms with Gasteiger partial charge in [0.25, 0.3) is 0 Å². The van der Waals surface area contributed by atoms with E-state index >= 15 is 0 Å². The second-order valence-electron chi connectivity index (χ2n) is 6.01. The molecule has 2 saturated heterocycles. The van der Waals surface area contributed by atoms with E-state index < -0.39 is 5.97 Å². The minimum absolute atomic E-state index is 0.00451. The maximum atomic E-state index is 12.6. The van der Waals surface area contributed by atoms with Gasteiger partial charge in [0.1, 0.15) is 6.54 Å². The van der Waals surface area contributed by atoms with E-state index in [0.29, 0.717) is 39.2 Å². The summed E-state index contributed by atoms with van der Waals surface area (Å²) in [5.41, 5.74) is 0. The maximum Gasteiger partial charge on any atom is 0.323 e. The fourth-order valence-electron chi connectivity index (χ4n) is 3.17. The highest BCUT2D eigenvalue weighted by molar-refractivity contribution is 5.87. The van der Waals surface area contributed by atoms with Gasteiger partial charge in [0.15, 0.2) is 0 Å². The van der Waals surface area contributed by atoms with Crippen molar-refractivity contribution in [2.24, 2.45) is 0 Å². The third-order valence-electron chi connectivity index (χ3n) is 4.43. The van der Waals surface area contributed by atoms with Gasteiger partial charge in [-0.2, -0.15) is 0 Å². The van der Waals surface area contributed by atoms with Gasteiger partial charge in [0.05, 0.1) is 19.2 Å². The number of amides is 2. The van der Waals surface area contributed by atoms with Gasteiger partial charge in [0, 0.05) is 33.3 Å². The molecule has 1 atom stereocenters. The predicted molar refractivity (Wildman–Crippen MR) is 81.9 cm³/mol. The van der Waals surface area contributed by atoms with Crippen molar-refractivity contribution in [3.05, 3.63) is 0 Å². The molecular weight excluding hydrogens is 302 g/mol. The fourth-order valence-corrected chi connectivity index (χ4v) is 3.17. The molecule has 0 aliphatic carbocycles. The summed E-state index contributed by atoms with van der Waals surface area (Å²) >= 11 is 0. The number of carboxylic acids is 1. The van der Waals surface area contributed by atoms with Crippen molar-refractivity contribution in [3.63, 3.8) is 0 Å². The normalized spacial score (nSPS) is 24.0. The van der Waals surface area contributed by atoms with Gasteiger partial charge in [-0.15, -0.1) is 0 Å². The van der Waals surface area contributed by atoms with Gasteiger partial charge >= 0.3 is 5.97 Å². The zero-order valence-corrected chi connectivity index (χ0v) is 13.6. The Balaban J connectivity index is 1.98. The first kappa shape index (κ1) is 17.7. The molecule has 1 unspecified atom stereocenters. The van der Waals surface area contributed by atoms with Crippen LogP contribution < -0.4 is 0 Å². The third-order valence-corrected chi connectivity index (χ3v) is 4.43. The van der Waals surface area contributed by atoms with Crippen LogP contribution in [0.2, 0.25) is 0 Å². The zero-order valence-electron chi connectivity index (χ0n) is 13.6. The highest BCUT2D eigenvalue weighted by Crippen LogP contribution is 2.19. The molecule has 2 heterocycles. The van der Waals surface area contributed by atoms with Gasteiger partial charge < -0.3 is 19.6 Å². The van der Waals surface area contributed by atoms with Crippen LogP contribution in [-0.4, -0.2) is 96.6 Å². The van der Waals surface area contributed by atoms with Crippen molar-refractivity contribution in [2.75, 3.05) is 53.0 Å². The van der Waals surface area contributed by atoms with Gasteiger partial charge in [0.2, 0.25) is 11.8 Å². The van der Waals surface area contributed by atoms with Crippen LogP contribution in [0, 0.1) is 0 Å². The van der Waals surface area contributed by atoms with Crippen molar-refractivity contribution >= 4 is 17.8 Å². The molecule has 0 saturated carbocycles. The summed E-state index contributed by atoms with van der Waals surface area (Å²) < 4.78 is 5.00. The first-order valence-corrected chi connectivity index (χ1v) is 8.04. The molecule has 23 heavy (non-hydrogen) atoms. The molecule has 0 bridgehead atoms. The molecule has 2 amide bonds. The van der Waals surface area contributed by atoms with E-state index in [1.165, 1.54) is 4.90 Å². The molecule has 1 N–H and O–H groups in total. The molecule has 0 aromatic carbocycles. The van der Waals surface area contributed by atoms with Gasteiger partial charge in [-0.1, -0.05) is 0 Å². The van der Waals surface area contributed by atoms with E-state index in [0.717, 1.165) is 12.8 Å². The lowest BCUT2D eigenvalue weighted by Crippen LogP contribution is -2.57. The van der Waals surface area contributed by atoms with E-state index in [1.54, 1.807) is 12.0 Å². The Morgan fingerprint density at radius 1 is 1.22 bits per heavy atom. The van der Waals surface area contributed by atoms with E-state index in [4.69, 9.17) is 9.84 Å². The molecule has 2 aliphatic heterocycles. The lowest BCUT2D eigenvalue weighted by molar-refractivity contribution is -0.149. The molecule has 2 aliphatic rings.